The average molecular weight is 435 g/mol. The van der Waals surface area contributed by atoms with Gasteiger partial charge in [-0.25, -0.2) is 0 Å². The molecule has 0 fully saturated rings. The fourth-order valence-electron chi connectivity index (χ4n) is 3.84. The summed E-state index contributed by atoms with van der Waals surface area (Å²) in [6.07, 6.45) is 11.8. The lowest BCUT2D eigenvalue weighted by molar-refractivity contribution is 0.505. The van der Waals surface area contributed by atoms with Crippen molar-refractivity contribution in [1.29, 1.82) is 0 Å². The molecule has 2 rings (SSSR count). The lowest BCUT2D eigenvalue weighted by Gasteiger charge is -2.11. The minimum Gasteiger partial charge on any atom is -0.149 e. The number of unbranched alkanes of at least 4 members (excludes halogenated alkanes) is 4. The first-order valence-electron chi connectivity index (χ1n) is 11.0. The third kappa shape index (κ3) is 6.78. The molecule has 0 aromatic carbocycles. The standard InChI is InChI=1S/C25H38S3/c1-6-8-10-11-13-21-17-24(28-23(21)16-18(3)12-9-7-2)25(19(4)26)22-14-15-27-20(22)5/h14-15,17-18,26H,6-13,16H2,1-5H3/b25-19-. The molecule has 1 unspecified atom stereocenters. The summed E-state index contributed by atoms with van der Waals surface area (Å²) in [7, 11) is 0. The van der Waals surface area contributed by atoms with E-state index in [4.69, 9.17) is 12.6 Å². The van der Waals surface area contributed by atoms with Crippen molar-refractivity contribution in [3.8, 4) is 0 Å². The van der Waals surface area contributed by atoms with Gasteiger partial charge in [0.05, 0.1) is 0 Å². The van der Waals surface area contributed by atoms with Crippen LogP contribution in [-0.2, 0) is 12.8 Å². The third-order valence-corrected chi connectivity index (χ3v) is 7.80. The minimum atomic E-state index is 0.772. The maximum Gasteiger partial charge on any atom is 0.0362 e. The average Bonchev–Trinajstić information content (AvgIpc) is 3.24. The van der Waals surface area contributed by atoms with Crippen LogP contribution in [0.5, 0.6) is 0 Å². The van der Waals surface area contributed by atoms with Crippen LogP contribution in [0, 0.1) is 12.8 Å². The van der Waals surface area contributed by atoms with Gasteiger partial charge in [-0.3, -0.25) is 0 Å². The van der Waals surface area contributed by atoms with E-state index in [1.54, 1.807) is 10.4 Å². The topological polar surface area (TPSA) is 0 Å². The van der Waals surface area contributed by atoms with E-state index in [1.807, 2.05) is 22.7 Å². The Hall–Kier alpha value is -0.510. The molecular formula is C25H38S3. The van der Waals surface area contributed by atoms with E-state index in [2.05, 4.69) is 52.1 Å². The molecule has 2 aromatic rings. The second-order valence-corrected chi connectivity index (χ2v) is 11.1. The molecule has 0 aliphatic carbocycles. The van der Waals surface area contributed by atoms with Crippen LogP contribution in [0.4, 0.5) is 0 Å². The molecule has 0 saturated carbocycles. The quantitative estimate of drug-likeness (QED) is 0.249. The highest BCUT2D eigenvalue weighted by atomic mass is 32.1. The van der Waals surface area contributed by atoms with Gasteiger partial charge >= 0.3 is 0 Å². The highest BCUT2D eigenvalue weighted by Crippen LogP contribution is 2.39. The number of thiophene rings is 2. The van der Waals surface area contributed by atoms with Gasteiger partial charge in [0.15, 0.2) is 0 Å². The van der Waals surface area contributed by atoms with Crippen LogP contribution in [0.15, 0.2) is 22.4 Å². The molecule has 0 saturated heterocycles. The molecular weight excluding hydrogens is 396 g/mol. The molecule has 2 aromatic heterocycles. The molecule has 0 radical (unpaired) electrons. The van der Waals surface area contributed by atoms with E-state index in [9.17, 15) is 0 Å². The number of allylic oxidation sites excluding steroid dienone is 1. The largest absolute Gasteiger partial charge is 0.149 e. The summed E-state index contributed by atoms with van der Waals surface area (Å²) in [5.41, 5.74) is 4.30. The molecule has 3 heteroatoms. The first kappa shape index (κ1) is 23.8. The molecule has 156 valence electrons. The normalized spacial score (nSPS) is 13.6. The van der Waals surface area contributed by atoms with Crippen LogP contribution in [-0.4, -0.2) is 0 Å². The summed E-state index contributed by atoms with van der Waals surface area (Å²) < 4.78 is 0. The first-order valence-corrected chi connectivity index (χ1v) is 13.2. The van der Waals surface area contributed by atoms with Gasteiger partial charge in [-0.05, 0) is 72.6 Å². The summed E-state index contributed by atoms with van der Waals surface area (Å²) in [6, 6.07) is 4.75. The van der Waals surface area contributed by atoms with Gasteiger partial charge in [0, 0.05) is 20.2 Å². The number of aryl methyl sites for hydroxylation is 2. The van der Waals surface area contributed by atoms with Gasteiger partial charge in [-0.15, -0.1) is 35.3 Å². The Morgan fingerprint density at radius 3 is 2.46 bits per heavy atom. The summed E-state index contributed by atoms with van der Waals surface area (Å²) in [4.78, 5) is 5.55. The first-order chi connectivity index (χ1) is 13.5. The predicted octanol–water partition coefficient (Wildman–Crippen LogP) is 9.32. The van der Waals surface area contributed by atoms with Crippen molar-refractivity contribution in [3.05, 3.63) is 48.2 Å². The van der Waals surface area contributed by atoms with Crippen molar-refractivity contribution in [1.82, 2.24) is 0 Å². The van der Waals surface area contributed by atoms with E-state index in [-0.39, 0.29) is 0 Å². The smallest absolute Gasteiger partial charge is 0.0362 e. The summed E-state index contributed by atoms with van der Waals surface area (Å²) in [5, 5.41) is 2.20. The van der Waals surface area contributed by atoms with Crippen LogP contribution < -0.4 is 0 Å². The molecule has 0 aliphatic rings. The van der Waals surface area contributed by atoms with Crippen molar-refractivity contribution in [2.45, 2.75) is 92.4 Å². The van der Waals surface area contributed by atoms with Crippen LogP contribution in [0.25, 0.3) is 5.57 Å². The number of rotatable bonds is 12. The van der Waals surface area contributed by atoms with Crippen LogP contribution in [0.1, 0.15) is 98.4 Å². The van der Waals surface area contributed by atoms with E-state index in [0.717, 1.165) is 10.8 Å². The molecule has 28 heavy (non-hydrogen) atoms. The summed E-state index contributed by atoms with van der Waals surface area (Å²) >= 11 is 8.64. The van der Waals surface area contributed by atoms with Gasteiger partial charge in [0.25, 0.3) is 0 Å². The van der Waals surface area contributed by atoms with Crippen LogP contribution >= 0.6 is 35.3 Å². The molecule has 1 atom stereocenters. The van der Waals surface area contributed by atoms with Crippen molar-refractivity contribution in [2.75, 3.05) is 0 Å². The molecule has 0 aliphatic heterocycles. The maximum absolute atomic E-state index is 4.79. The molecule has 0 N–H and O–H groups in total. The number of hydrogen-bond acceptors (Lipinski definition) is 3. The zero-order valence-corrected chi connectivity index (χ0v) is 21.0. The van der Waals surface area contributed by atoms with E-state index >= 15 is 0 Å². The molecule has 0 spiro atoms. The van der Waals surface area contributed by atoms with Crippen molar-refractivity contribution in [2.24, 2.45) is 5.92 Å². The van der Waals surface area contributed by atoms with E-state index in [0.29, 0.717) is 0 Å². The Balaban J connectivity index is 2.31. The molecule has 2 heterocycles. The fourth-order valence-corrected chi connectivity index (χ4v) is 6.35. The summed E-state index contributed by atoms with van der Waals surface area (Å²) in [6.45, 7) is 11.4. The lowest BCUT2D eigenvalue weighted by atomic mass is 9.96. The van der Waals surface area contributed by atoms with Crippen molar-refractivity contribution in [3.63, 3.8) is 0 Å². The minimum absolute atomic E-state index is 0.772. The molecule has 0 nitrogen and oxygen atoms in total. The molecule has 0 amide bonds. The lowest BCUT2D eigenvalue weighted by Crippen LogP contribution is -2.00. The SMILES string of the molecule is CCCCCCc1cc(/C(=C(/C)S)c2ccsc2C)sc1CC(C)CCCC. The Morgan fingerprint density at radius 2 is 1.86 bits per heavy atom. The number of thiol groups is 1. The maximum atomic E-state index is 4.79. The van der Waals surface area contributed by atoms with Crippen LogP contribution in [0.3, 0.4) is 0 Å². The van der Waals surface area contributed by atoms with Gasteiger partial charge < -0.3 is 0 Å². The summed E-state index contributed by atoms with van der Waals surface area (Å²) in [5.74, 6) is 0.772. The fraction of sp³-hybridized carbons (Fsp3) is 0.600. The van der Waals surface area contributed by atoms with Crippen molar-refractivity contribution < 1.29 is 0 Å². The zero-order chi connectivity index (χ0) is 20.5. The zero-order valence-electron chi connectivity index (χ0n) is 18.4. The highest BCUT2D eigenvalue weighted by Gasteiger charge is 2.18. The van der Waals surface area contributed by atoms with E-state index < -0.39 is 0 Å². The van der Waals surface area contributed by atoms with Gasteiger partial charge in [0.2, 0.25) is 0 Å². The second-order valence-electron chi connectivity index (χ2n) is 8.17. The second kappa shape index (κ2) is 12.2. The predicted molar refractivity (Wildman–Crippen MR) is 134 cm³/mol. The Morgan fingerprint density at radius 1 is 1.11 bits per heavy atom. The third-order valence-electron chi connectivity index (χ3n) is 5.52. The monoisotopic (exact) mass is 434 g/mol. The van der Waals surface area contributed by atoms with Gasteiger partial charge in [-0.2, -0.15) is 0 Å². The number of hydrogen-bond donors (Lipinski definition) is 1. The molecule has 0 bridgehead atoms. The Bertz CT molecular complexity index is 744. The van der Waals surface area contributed by atoms with E-state index in [1.165, 1.54) is 78.7 Å². The highest BCUT2D eigenvalue weighted by molar-refractivity contribution is 7.84. The van der Waals surface area contributed by atoms with Crippen molar-refractivity contribution >= 4 is 40.9 Å². The Labute approximate surface area is 186 Å². The van der Waals surface area contributed by atoms with Gasteiger partial charge in [0.1, 0.15) is 0 Å². The van der Waals surface area contributed by atoms with Crippen LogP contribution in [0.2, 0.25) is 0 Å². The Kier molecular flexibility index (Phi) is 10.4. The van der Waals surface area contributed by atoms with Gasteiger partial charge in [-0.1, -0.05) is 59.3 Å².